The molecular formula is C26H20Cl2N3NaO6S. The van der Waals surface area contributed by atoms with Gasteiger partial charge in [-0.25, -0.2) is 0 Å². The van der Waals surface area contributed by atoms with Crippen molar-refractivity contribution in [1.82, 2.24) is 0 Å². The predicted molar refractivity (Wildman–Crippen MR) is 144 cm³/mol. The van der Waals surface area contributed by atoms with Gasteiger partial charge in [0.05, 0.1) is 17.8 Å². The Labute approximate surface area is 256 Å². The zero-order valence-corrected chi connectivity index (χ0v) is 25.4. The van der Waals surface area contributed by atoms with Crippen LogP contribution in [0.5, 0.6) is 11.5 Å². The number of ether oxygens (including phenoxy) is 1. The van der Waals surface area contributed by atoms with E-state index in [4.69, 9.17) is 27.9 Å². The van der Waals surface area contributed by atoms with E-state index in [1.54, 1.807) is 43.3 Å². The van der Waals surface area contributed by atoms with Gasteiger partial charge in [0.2, 0.25) is 0 Å². The van der Waals surface area contributed by atoms with E-state index < -0.39 is 26.7 Å². The summed E-state index contributed by atoms with van der Waals surface area (Å²) in [5.41, 5.74) is 0.0351. The second-order valence-corrected chi connectivity index (χ2v) is 10.2. The summed E-state index contributed by atoms with van der Waals surface area (Å²) >= 11 is 12.4. The van der Waals surface area contributed by atoms with Crippen molar-refractivity contribution in [1.29, 1.82) is 0 Å². The first-order valence-electron chi connectivity index (χ1n) is 11.1. The number of methoxy groups -OCH3 is 1. The van der Waals surface area contributed by atoms with E-state index in [0.29, 0.717) is 27.8 Å². The molecule has 4 aromatic carbocycles. The third-order valence-corrected chi connectivity index (χ3v) is 7.23. The number of amides is 1. The van der Waals surface area contributed by atoms with Gasteiger partial charge < -0.3 is 15.2 Å². The van der Waals surface area contributed by atoms with Gasteiger partial charge >= 0.3 is 29.6 Å². The molecule has 0 atom stereocenters. The van der Waals surface area contributed by atoms with Crippen molar-refractivity contribution in [2.45, 2.75) is 18.2 Å². The van der Waals surface area contributed by atoms with Crippen LogP contribution < -0.4 is 44.7 Å². The second kappa shape index (κ2) is 12.6. The third kappa shape index (κ3) is 6.55. The zero-order chi connectivity index (χ0) is 27.6. The molecule has 0 saturated carbocycles. The van der Waals surface area contributed by atoms with E-state index in [1.165, 1.54) is 25.3 Å². The summed E-state index contributed by atoms with van der Waals surface area (Å²) in [6.45, 7) is 1.72. The Hall–Kier alpha value is -2.70. The Kier molecular flexibility index (Phi) is 10.0. The summed E-state index contributed by atoms with van der Waals surface area (Å²) in [6, 6.07) is 15.2. The van der Waals surface area contributed by atoms with E-state index in [2.05, 4.69) is 15.5 Å². The van der Waals surface area contributed by atoms with Crippen molar-refractivity contribution in [2.24, 2.45) is 10.2 Å². The molecule has 39 heavy (non-hydrogen) atoms. The average molecular weight is 596 g/mol. The van der Waals surface area contributed by atoms with Gasteiger partial charge in [-0.15, -0.1) is 5.11 Å². The van der Waals surface area contributed by atoms with Gasteiger partial charge in [0.15, 0.2) is 0 Å². The van der Waals surface area contributed by atoms with Gasteiger partial charge in [-0.2, -0.15) is 13.5 Å². The molecule has 2 N–H and O–H groups in total. The summed E-state index contributed by atoms with van der Waals surface area (Å²) in [7, 11) is -3.22. The van der Waals surface area contributed by atoms with Gasteiger partial charge in [-0.05, 0) is 53.8 Å². The molecule has 9 nitrogen and oxygen atoms in total. The van der Waals surface area contributed by atoms with Crippen molar-refractivity contribution in [3.63, 3.8) is 0 Å². The largest absolute Gasteiger partial charge is 1.00 e. The minimum absolute atomic E-state index is 0. The molecule has 0 spiro atoms. The van der Waals surface area contributed by atoms with Crippen LogP contribution in [0.4, 0.5) is 17.1 Å². The first kappa shape index (κ1) is 30.8. The summed E-state index contributed by atoms with van der Waals surface area (Å²) in [5.74, 6) is -1.04. The molecule has 0 aliphatic carbocycles. The monoisotopic (exact) mass is 595 g/mol. The number of nitrogens with zero attached hydrogens (tertiary/aromatic N) is 2. The van der Waals surface area contributed by atoms with Crippen LogP contribution in [0.1, 0.15) is 22.8 Å². The number of halogens is 2. The number of nitrogens with one attached hydrogen (secondary N) is 1. The average Bonchev–Trinajstić information content (AvgIpc) is 2.87. The minimum Gasteiger partial charge on any atom is -0.870 e. The number of hydrogen-bond donors (Lipinski definition) is 2. The zero-order valence-electron chi connectivity index (χ0n) is 21.0. The quantitative estimate of drug-likeness (QED) is 0.189. The second-order valence-electron chi connectivity index (χ2n) is 8.03. The molecule has 4 aromatic rings. The van der Waals surface area contributed by atoms with E-state index in [0.717, 1.165) is 6.07 Å². The van der Waals surface area contributed by atoms with Crippen molar-refractivity contribution < 1.29 is 57.2 Å². The maximum atomic E-state index is 13.5. The fourth-order valence-corrected chi connectivity index (χ4v) is 5.06. The van der Waals surface area contributed by atoms with E-state index in [9.17, 15) is 22.9 Å². The Balaban J connectivity index is 0.00000420. The first-order chi connectivity index (χ1) is 18.0. The fraction of sp³-hybridized carbons (Fsp3) is 0.115. The minimum atomic E-state index is -4.68. The Morgan fingerprint density at radius 1 is 1.03 bits per heavy atom. The predicted octanol–water partition coefficient (Wildman–Crippen LogP) is 3.71. The fourth-order valence-electron chi connectivity index (χ4n) is 3.86. The van der Waals surface area contributed by atoms with Crippen molar-refractivity contribution in [3.05, 3.63) is 81.8 Å². The van der Waals surface area contributed by atoms with Crippen LogP contribution in [-0.2, 0) is 16.5 Å². The Morgan fingerprint density at radius 2 is 1.72 bits per heavy atom. The molecule has 0 saturated heterocycles. The molecular weight excluding hydrogens is 576 g/mol. The van der Waals surface area contributed by atoms with Gasteiger partial charge in [0, 0.05) is 21.7 Å². The standard InChI is InChI=1S/C26H21Cl2N3O6S.Na/c1-3-16-19(27)9-11-22(38(34,35)36)23(16)30-31-24-17-7-5-4-6-14(17)12-18(25(24)32)26(33)29-15-8-10-21(37-2)20(28)13-15;/h4-13,32H,3H2,1-2H3,(H,29,33)(H,34,35,36);/q;+1/p-1. The van der Waals surface area contributed by atoms with Crippen LogP contribution in [0.2, 0.25) is 10.0 Å². The molecule has 1 amide bonds. The molecule has 0 aromatic heterocycles. The maximum Gasteiger partial charge on any atom is 1.00 e. The number of carbonyl (C=O) groups is 1. The topological polar surface area (TPSA) is 140 Å². The van der Waals surface area contributed by atoms with E-state index >= 15 is 0 Å². The van der Waals surface area contributed by atoms with E-state index in [1.807, 2.05) is 0 Å². The van der Waals surface area contributed by atoms with Gasteiger partial charge in [0.25, 0.3) is 16.0 Å². The number of fused-ring (bicyclic) bond motifs is 1. The smallest absolute Gasteiger partial charge is 0.870 e. The van der Waals surface area contributed by atoms with Crippen LogP contribution in [0, 0.1) is 0 Å². The van der Waals surface area contributed by atoms with Crippen LogP contribution in [0.3, 0.4) is 0 Å². The normalized spacial score (nSPS) is 11.4. The SMILES string of the molecule is CCc1c(Cl)ccc(S(=O)(=O)O)c1N=Nc1c([O-])c(C(=O)Nc2ccc(OC)c(Cl)c2)cc2ccccc12.[Na+]. The van der Waals surface area contributed by atoms with Crippen molar-refractivity contribution in [2.75, 3.05) is 12.4 Å². The van der Waals surface area contributed by atoms with Crippen molar-refractivity contribution in [3.8, 4) is 11.5 Å². The molecule has 196 valence electrons. The van der Waals surface area contributed by atoms with Gasteiger partial charge in [-0.1, -0.05) is 60.1 Å². The van der Waals surface area contributed by atoms with Gasteiger partial charge in [0.1, 0.15) is 16.3 Å². The van der Waals surface area contributed by atoms with Crippen LogP contribution in [-0.4, -0.2) is 26.0 Å². The summed E-state index contributed by atoms with van der Waals surface area (Å²) in [6.07, 6.45) is 0.272. The van der Waals surface area contributed by atoms with Crippen LogP contribution >= 0.6 is 23.2 Å². The molecule has 4 rings (SSSR count). The summed E-state index contributed by atoms with van der Waals surface area (Å²) < 4.78 is 38.8. The summed E-state index contributed by atoms with van der Waals surface area (Å²) in [4.78, 5) is 12.6. The Morgan fingerprint density at radius 3 is 2.36 bits per heavy atom. The maximum absolute atomic E-state index is 13.5. The van der Waals surface area contributed by atoms with Gasteiger partial charge in [-0.3, -0.25) is 9.35 Å². The molecule has 13 heteroatoms. The number of rotatable bonds is 7. The van der Waals surface area contributed by atoms with E-state index in [-0.39, 0.29) is 63.0 Å². The number of carbonyl (C=O) groups excluding carboxylic acids is 1. The number of benzene rings is 4. The molecule has 0 aliphatic heterocycles. The molecule has 0 aliphatic rings. The molecule has 0 unspecified atom stereocenters. The third-order valence-electron chi connectivity index (χ3n) is 5.70. The molecule has 0 fully saturated rings. The number of azo groups is 1. The molecule has 0 heterocycles. The number of anilines is 1. The molecule has 0 radical (unpaired) electrons. The van der Waals surface area contributed by atoms with Crippen LogP contribution in [0.15, 0.2) is 75.8 Å². The number of hydrogen-bond acceptors (Lipinski definition) is 7. The van der Waals surface area contributed by atoms with Crippen molar-refractivity contribution >= 4 is 67.1 Å². The summed E-state index contributed by atoms with van der Waals surface area (Å²) in [5, 5.41) is 25.6. The Bertz CT molecular complexity index is 1710. The first-order valence-corrected chi connectivity index (χ1v) is 13.3. The van der Waals surface area contributed by atoms with Crippen LogP contribution in [0.25, 0.3) is 10.8 Å². The molecule has 0 bridgehead atoms.